The van der Waals surface area contributed by atoms with E-state index in [4.69, 9.17) is 4.74 Å². The SMILES string of the molecule is CC[C@@H](C)NC(=O)C1CCN(S(=O)(=O)c2ccc(OC)c(C)c2)CC1. The molecule has 0 bridgehead atoms. The Morgan fingerprint density at radius 3 is 2.52 bits per heavy atom. The fourth-order valence-electron chi connectivity index (χ4n) is 2.98. The highest BCUT2D eigenvalue weighted by molar-refractivity contribution is 7.89. The number of rotatable bonds is 6. The van der Waals surface area contributed by atoms with Crippen LogP contribution in [0.2, 0.25) is 0 Å². The standard InChI is InChI=1S/C18H28N2O4S/c1-5-14(3)19-18(21)15-8-10-20(11-9-15)25(22,23)16-6-7-17(24-4)13(2)12-16/h6-7,12,14-15H,5,8-11H2,1-4H3,(H,19,21)/t14-/m1/s1. The van der Waals surface area contributed by atoms with Crippen molar-refractivity contribution in [2.24, 2.45) is 5.92 Å². The van der Waals surface area contributed by atoms with Crippen molar-refractivity contribution in [1.29, 1.82) is 0 Å². The van der Waals surface area contributed by atoms with Gasteiger partial charge in [0.25, 0.3) is 0 Å². The Kier molecular flexibility index (Phi) is 6.46. The molecule has 0 aliphatic carbocycles. The van der Waals surface area contributed by atoms with E-state index in [0.29, 0.717) is 31.7 Å². The van der Waals surface area contributed by atoms with Crippen molar-refractivity contribution in [2.75, 3.05) is 20.2 Å². The molecule has 1 aromatic rings. The van der Waals surface area contributed by atoms with Crippen LogP contribution in [0, 0.1) is 12.8 Å². The van der Waals surface area contributed by atoms with E-state index in [-0.39, 0.29) is 22.8 Å². The summed E-state index contributed by atoms with van der Waals surface area (Å²) in [4.78, 5) is 12.5. The molecule has 1 aliphatic heterocycles. The lowest BCUT2D eigenvalue weighted by Crippen LogP contribution is -2.44. The number of carbonyl (C=O) groups is 1. The number of nitrogens with one attached hydrogen (secondary N) is 1. The summed E-state index contributed by atoms with van der Waals surface area (Å²) in [5.74, 6) is 0.587. The topological polar surface area (TPSA) is 75.7 Å². The van der Waals surface area contributed by atoms with E-state index < -0.39 is 10.0 Å². The minimum atomic E-state index is -3.54. The van der Waals surface area contributed by atoms with Crippen LogP contribution in [0.5, 0.6) is 5.75 Å². The van der Waals surface area contributed by atoms with Gasteiger partial charge < -0.3 is 10.1 Å². The summed E-state index contributed by atoms with van der Waals surface area (Å²) in [5.41, 5.74) is 0.784. The fourth-order valence-corrected chi connectivity index (χ4v) is 4.54. The molecular formula is C18H28N2O4S. The van der Waals surface area contributed by atoms with Crippen LogP contribution in [0.15, 0.2) is 23.1 Å². The Labute approximate surface area is 150 Å². The van der Waals surface area contributed by atoms with Crippen molar-refractivity contribution in [2.45, 2.75) is 51.0 Å². The molecule has 1 N–H and O–H groups in total. The third-order valence-electron chi connectivity index (χ3n) is 4.83. The molecule has 1 aliphatic rings. The van der Waals surface area contributed by atoms with Crippen molar-refractivity contribution >= 4 is 15.9 Å². The van der Waals surface area contributed by atoms with Crippen LogP contribution in [0.3, 0.4) is 0 Å². The van der Waals surface area contributed by atoms with Crippen molar-refractivity contribution in [3.05, 3.63) is 23.8 Å². The van der Waals surface area contributed by atoms with Crippen molar-refractivity contribution in [3.8, 4) is 5.75 Å². The molecule has 1 fully saturated rings. The smallest absolute Gasteiger partial charge is 0.243 e. The van der Waals surface area contributed by atoms with Gasteiger partial charge >= 0.3 is 0 Å². The van der Waals surface area contributed by atoms with Crippen molar-refractivity contribution < 1.29 is 17.9 Å². The molecule has 0 saturated carbocycles. The molecule has 6 nitrogen and oxygen atoms in total. The predicted octanol–water partition coefficient (Wildman–Crippen LogP) is 2.32. The van der Waals surface area contributed by atoms with Crippen LogP contribution in [-0.2, 0) is 14.8 Å². The number of aryl methyl sites for hydroxylation is 1. The van der Waals surface area contributed by atoms with Gasteiger partial charge in [0.2, 0.25) is 15.9 Å². The average Bonchev–Trinajstić information content (AvgIpc) is 2.61. The highest BCUT2D eigenvalue weighted by Gasteiger charge is 2.32. The third-order valence-corrected chi connectivity index (χ3v) is 6.72. The number of benzene rings is 1. The summed E-state index contributed by atoms with van der Waals surface area (Å²) < 4.78 is 32.3. The monoisotopic (exact) mass is 368 g/mol. The first-order chi connectivity index (χ1) is 11.8. The number of hydrogen-bond donors (Lipinski definition) is 1. The van der Waals surface area contributed by atoms with Gasteiger partial charge in [0.05, 0.1) is 12.0 Å². The van der Waals surface area contributed by atoms with E-state index in [9.17, 15) is 13.2 Å². The van der Waals surface area contributed by atoms with E-state index in [1.807, 2.05) is 20.8 Å². The highest BCUT2D eigenvalue weighted by Crippen LogP contribution is 2.27. The quantitative estimate of drug-likeness (QED) is 0.836. The second-order valence-corrected chi connectivity index (χ2v) is 8.57. The molecule has 25 heavy (non-hydrogen) atoms. The number of carbonyl (C=O) groups excluding carboxylic acids is 1. The maximum Gasteiger partial charge on any atom is 0.243 e. The Bertz CT molecular complexity index is 710. The van der Waals surface area contributed by atoms with Gasteiger partial charge in [0, 0.05) is 25.0 Å². The lowest BCUT2D eigenvalue weighted by atomic mass is 9.97. The summed E-state index contributed by atoms with van der Waals surface area (Å²) in [6.07, 6.45) is 1.99. The third kappa shape index (κ3) is 4.52. The molecule has 7 heteroatoms. The molecule has 1 atom stereocenters. The van der Waals surface area contributed by atoms with Crippen molar-refractivity contribution in [1.82, 2.24) is 9.62 Å². The number of sulfonamides is 1. The second kappa shape index (κ2) is 8.19. The molecular weight excluding hydrogens is 340 g/mol. The predicted molar refractivity (Wildman–Crippen MR) is 97.1 cm³/mol. The van der Waals surface area contributed by atoms with Crippen LogP contribution in [-0.4, -0.2) is 44.9 Å². The van der Waals surface area contributed by atoms with Gasteiger partial charge in [-0.2, -0.15) is 4.31 Å². The molecule has 1 amide bonds. The van der Waals surface area contributed by atoms with Crippen LogP contribution in [0.4, 0.5) is 0 Å². The first-order valence-corrected chi connectivity index (χ1v) is 10.2. The molecule has 0 radical (unpaired) electrons. The lowest BCUT2D eigenvalue weighted by Gasteiger charge is -2.31. The molecule has 0 aromatic heterocycles. The van der Waals surface area contributed by atoms with Crippen LogP contribution < -0.4 is 10.1 Å². The first-order valence-electron chi connectivity index (χ1n) is 8.74. The van der Waals surface area contributed by atoms with Gasteiger partial charge in [-0.05, 0) is 56.9 Å². The largest absolute Gasteiger partial charge is 0.496 e. The zero-order valence-electron chi connectivity index (χ0n) is 15.4. The van der Waals surface area contributed by atoms with E-state index in [1.165, 1.54) is 4.31 Å². The summed E-state index contributed by atoms with van der Waals surface area (Å²) in [6.45, 7) is 6.56. The average molecular weight is 368 g/mol. The zero-order chi connectivity index (χ0) is 18.6. The van der Waals surface area contributed by atoms with Gasteiger partial charge in [-0.3, -0.25) is 4.79 Å². The Balaban J connectivity index is 2.04. The molecule has 2 rings (SSSR count). The van der Waals surface area contributed by atoms with Crippen LogP contribution >= 0.6 is 0 Å². The van der Waals surface area contributed by atoms with Crippen LogP contribution in [0.25, 0.3) is 0 Å². The van der Waals surface area contributed by atoms with Crippen molar-refractivity contribution in [3.63, 3.8) is 0 Å². The summed E-state index contributed by atoms with van der Waals surface area (Å²) in [6, 6.07) is 5.03. The number of ether oxygens (including phenoxy) is 1. The normalized spacial score (nSPS) is 17.9. The van der Waals surface area contributed by atoms with Gasteiger partial charge in [-0.1, -0.05) is 6.92 Å². The molecule has 0 spiro atoms. The lowest BCUT2D eigenvalue weighted by molar-refractivity contribution is -0.126. The van der Waals surface area contributed by atoms with E-state index in [2.05, 4.69) is 5.32 Å². The number of amides is 1. The molecule has 0 unspecified atom stereocenters. The maximum absolute atomic E-state index is 12.8. The Morgan fingerprint density at radius 2 is 2.00 bits per heavy atom. The highest BCUT2D eigenvalue weighted by atomic mass is 32.2. The fraction of sp³-hybridized carbons (Fsp3) is 0.611. The van der Waals surface area contributed by atoms with Gasteiger partial charge in [0.1, 0.15) is 5.75 Å². The molecule has 1 heterocycles. The van der Waals surface area contributed by atoms with Gasteiger partial charge in [0.15, 0.2) is 0 Å². The molecule has 1 aromatic carbocycles. The number of piperidine rings is 1. The minimum Gasteiger partial charge on any atom is -0.496 e. The number of hydrogen-bond acceptors (Lipinski definition) is 4. The van der Waals surface area contributed by atoms with Gasteiger partial charge in [-0.25, -0.2) is 8.42 Å². The van der Waals surface area contributed by atoms with E-state index in [0.717, 1.165) is 12.0 Å². The van der Waals surface area contributed by atoms with Gasteiger partial charge in [-0.15, -0.1) is 0 Å². The maximum atomic E-state index is 12.8. The van der Waals surface area contributed by atoms with Crippen LogP contribution in [0.1, 0.15) is 38.7 Å². The van der Waals surface area contributed by atoms with E-state index in [1.54, 1.807) is 25.3 Å². The van der Waals surface area contributed by atoms with E-state index >= 15 is 0 Å². The Hall–Kier alpha value is -1.60. The number of methoxy groups -OCH3 is 1. The summed E-state index contributed by atoms with van der Waals surface area (Å²) >= 11 is 0. The Morgan fingerprint density at radius 1 is 1.36 bits per heavy atom. The first kappa shape index (κ1) is 19.7. The molecule has 1 saturated heterocycles. The minimum absolute atomic E-state index is 0.0340. The summed E-state index contributed by atoms with van der Waals surface area (Å²) in [7, 11) is -1.98. The number of nitrogens with zero attached hydrogens (tertiary/aromatic N) is 1. The summed E-state index contributed by atoms with van der Waals surface area (Å²) in [5, 5.41) is 2.98. The second-order valence-electron chi connectivity index (χ2n) is 6.63. The zero-order valence-corrected chi connectivity index (χ0v) is 16.2. The molecule has 140 valence electrons.